The molecule has 36 heavy (non-hydrogen) atoms. The molecule has 1 saturated heterocycles. The fourth-order valence-corrected chi connectivity index (χ4v) is 6.43. The SMILES string of the molecule is CCC[C@@H]1C=C[C@H]2[C@H](C(=O)N(CCCCCCO)[C@@H]2C(=O)NC(C)(C)CC(C)(C)C)[C@@H]1C(=O)OCC. The number of likely N-dealkylation sites (tertiary alicyclic amines) is 1. The molecule has 2 N–H and O–H groups in total. The number of aliphatic hydroxyl groups excluding tert-OH is 1. The minimum atomic E-state index is -0.643. The third-order valence-electron chi connectivity index (χ3n) is 7.30. The second-order valence-corrected chi connectivity index (χ2v) is 12.4. The first-order chi connectivity index (χ1) is 16.9. The molecule has 2 aliphatic rings. The van der Waals surface area contributed by atoms with Gasteiger partial charge in [0.15, 0.2) is 0 Å². The maximum absolute atomic E-state index is 13.9. The van der Waals surface area contributed by atoms with Gasteiger partial charge in [-0.2, -0.15) is 0 Å². The largest absolute Gasteiger partial charge is 0.466 e. The van der Waals surface area contributed by atoms with Crippen molar-refractivity contribution in [1.82, 2.24) is 10.2 Å². The third kappa shape index (κ3) is 7.80. The van der Waals surface area contributed by atoms with E-state index in [1.807, 2.05) is 26.0 Å². The summed E-state index contributed by atoms with van der Waals surface area (Å²) in [5.74, 6) is -2.16. The quantitative estimate of drug-likeness (QED) is 0.218. The summed E-state index contributed by atoms with van der Waals surface area (Å²) < 4.78 is 5.44. The molecule has 0 bridgehead atoms. The van der Waals surface area contributed by atoms with Gasteiger partial charge in [-0.05, 0) is 57.8 Å². The van der Waals surface area contributed by atoms with Gasteiger partial charge in [0.2, 0.25) is 11.8 Å². The van der Waals surface area contributed by atoms with Gasteiger partial charge in [0.05, 0.1) is 18.4 Å². The fraction of sp³-hybridized carbons (Fsp3) is 0.828. The molecule has 7 nitrogen and oxygen atoms in total. The van der Waals surface area contributed by atoms with Crippen molar-refractivity contribution in [2.45, 2.75) is 105 Å². The van der Waals surface area contributed by atoms with Gasteiger partial charge < -0.3 is 20.1 Å². The Balaban J connectivity index is 2.38. The first kappa shape index (κ1) is 30.3. The highest BCUT2D eigenvalue weighted by Gasteiger charge is 2.57. The Labute approximate surface area is 218 Å². The Bertz CT molecular complexity index is 785. The second-order valence-electron chi connectivity index (χ2n) is 12.4. The number of nitrogens with zero attached hydrogens (tertiary/aromatic N) is 1. The van der Waals surface area contributed by atoms with Crippen LogP contribution in [-0.4, -0.2) is 59.1 Å². The molecule has 0 aromatic rings. The van der Waals surface area contributed by atoms with Crippen LogP contribution in [0.5, 0.6) is 0 Å². The van der Waals surface area contributed by atoms with Crippen LogP contribution in [0.1, 0.15) is 93.4 Å². The number of ether oxygens (including phenoxy) is 1. The Hall–Kier alpha value is -1.89. The number of allylic oxidation sites excluding steroid dienone is 1. The van der Waals surface area contributed by atoms with E-state index < -0.39 is 23.4 Å². The van der Waals surface area contributed by atoms with Crippen LogP contribution in [0.2, 0.25) is 0 Å². The summed E-state index contributed by atoms with van der Waals surface area (Å²) in [5.41, 5.74) is -0.405. The third-order valence-corrected chi connectivity index (χ3v) is 7.30. The lowest BCUT2D eigenvalue weighted by molar-refractivity contribution is -0.155. The Morgan fingerprint density at radius 1 is 1.06 bits per heavy atom. The lowest BCUT2D eigenvalue weighted by atomic mass is 9.68. The van der Waals surface area contributed by atoms with Crippen molar-refractivity contribution in [2.24, 2.45) is 29.1 Å². The van der Waals surface area contributed by atoms with Gasteiger partial charge in [-0.1, -0.05) is 59.1 Å². The number of fused-ring (bicyclic) bond motifs is 1. The molecule has 0 aromatic carbocycles. The van der Waals surface area contributed by atoms with Gasteiger partial charge in [0.1, 0.15) is 6.04 Å². The summed E-state index contributed by atoms with van der Waals surface area (Å²) in [5, 5.41) is 12.3. The van der Waals surface area contributed by atoms with Crippen LogP contribution in [0, 0.1) is 29.1 Å². The van der Waals surface area contributed by atoms with E-state index in [0.29, 0.717) is 6.54 Å². The highest BCUT2D eigenvalue weighted by Crippen LogP contribution is 2.46. The normalized spacial score (nSPS) is 26.2. The van der Waals surface area contributed by atoms with Crippen LogP contribution in [0.4, 0.5) is 0 Å². The standard InChI is InChI=1S/C29H50N2O5/c1-8-14-20-15-16-21-23(22(20)27(35)36-9-2)26(34)31(17-12-10-11-13-18-32)24(21)25(33)30-29(6,7)19-28(3,4)5/h15-16,20-24,32H,8-14,17-19H2,1-7H3,(H,30,33)/t20-,21+,22-,23+,24+/m1/s1. The molecule has 1 aliphatic carbocycles. The summed E-state index contributed by atoms with van der Waals surface area (Å²) in [4.78, 5) is 42.6. The lowest BCUT2D eigenvalue weighted by Crippen LogP contribution is -2.54. The van der Waals surface area contributed by atoms with Gasteiger partial charge in [0, 0.05) is 24.6 Å². The number of carbonyl (C=O) groups is 3. The molecule has 0 unspecified atom stereocenters. The smallest absolute Gasteiger partial charge is 0.310 e. The van der Waals surface area contributed by atoms with Crippen LogP contribution < -0.4 is 5.32 Å². The zero-order chi connectivity index (χ0) is 27.1. The Morgan fingerprint density at radius 2 is 1.72 bits per heavy atom. The van der Waals surface area contributed by atoms with Crippen LogP contribution in [-0.2, 0) is 19.1 Å². The van der Waals surface area contributed by atoms with Gasteiger partial charge in [-0.25, -0.2) is 0 Å². The van der Waals surface area contributed by atoms with E-state index in [0.717, 1.165) is 44.9 Å². The highest BCUT2D eigenvalue weighted by molar-refractivity contribution is 5.96. The predicted octanol–water partition coefficient (Wildman–Crippen LogP) is 4.48. The van der Waals surface area contributed by atoms with Crippen LogP contribution >= 0.6 is 0 Å². The van der Waals surface area contributed by atoms with Crippen molar-refractivity contribution in [1.29, 1.82) is 0 Å². The Morgan fingerprint density at radius 3 is 2.31 bits per heavy atom. The molecule has 0 radical (unpaired) electrons. The number of carbonyl (C=O) groups excluding carboxylic acids is 3. The number of rotatable bonds is 13. The molecule has 0 saturated carbocycles. The van der Waals surface area contributed by atoms with Crippen LogP contribution in [0.25, 0.3) is 0 Å². The average molecular weight is 507 g/mol. The number of amides is 2. The second kappa shape index (κ2) is 13.1. The van der Waals surface area contributed by atoms with Gasteiger partial charge in [0.25, 0.3) is 0 Å². The Kier molecular flexibility index (Phi) is 11.0. The minimum Gasteiger partial charge on any atom is -0.466 e. The van der Waals surface area contributed by atoms with Crippen molar-refractivity contribution in [2.75, 3.05) is 19.8 Å². The van der Waals surface area contributed by atoms with Crippen molar-refractivity contribution in [3.8, 4) is 0 Å². The first-order valence-electron chi connectivity index (χ1n) is 13.9. The maximum Gasteiger partial charge on any atom is 0.310 e. The molecule has 206 valence electrons. The number of nitrogens with one attached hydrogen (secondary N) is 1. The summed E-state index contributed by atoms with van der Waals surface area (Å²) in [6, 6.07) is -0.643. The van der Waals surface area contributed by atoms with E-state index in [1.54, 1.807) is 11.8 Å². The van der Waals surface area contributed by atoms with Gasteiger partial charge in [-0.3, -0.25) is 14.4 Å². The maximum atomic E-state index is 13.9. The van der Waals surface area contributed by atoms with Crippen LogP contribution in [0.15, 0.2) is 12.2 Å². The zero-order valence-corrected chi connectivity index (χ0v) is 23.6. The first-order valence-corrected chi connectivity index (χ1v) is 13.9. The van der Waals surface area contributed by atoms with Crippen molar-refractivity contribution >= 4 is 17.8 Å². The molecule has 0 spiro atoms. The monoisotopic (exact) mass is 506 g/mol. The zero-order valence-electron chi connectivity index (χ0n) is 23.6. The molecule has 1 fully saturated rings. The minimum absolute atomic E-state index is 0.0321. The van der Waals surface area contributed by atoms with E-state index in [-0.39, 0.29) is 48.2 Å². The summed E-state index contributed by atoms with van der Waals surface area (Å²) in [6.45, 7) is 15.3. The lowest BCUT2D eigenvalue weighted by Gasteiger charge is -2.37. The number of unbranched alkanes of at least 4 members (excludes halogenated alkanes) is 3. The fourth-order valence-electron chi connectivity index (χ4n) is 6.43. The number of hydrogen-bond donors (Lipinski definition) is 2. The predicted molar refractivity (Wildman–Crippen MR) is 142 cm³/mol. The van der Waals surface area contributed by atoms with E-state index in [2.05, 4.69) is 33.0 Å². The molecule has 7 heteroatoms. The molecule has 0 aromatic heterocycles. The number of hydrogen-bond acceptors (Lipinski definition) is 5. The van der Waals surface area contributed by atoms with Gasteiger partial charge in [-0.15, -0.1) is 0 Å². The highest BCUT2D eigenvalue weighted by atomic mass is 16.5. The molecule has 2 rings (SSSR count). The van der Waals surface area contributed by atoms with E-state index >= 15 is 0 Å². The van der Waals surface area contributed by atoms with Gasteiger partial charge >= 0.3 is 5.97 Å². The summed E-state index contributed by atoms with van der Waals surface area (Å²) in [6.07, 6.45) is 9.80. The topological polar surface area (TPSA) is 95.9 Å². The van der Waals surface area contributed by atoms with E-state index in [9.17, 15) is 14.4 Å². The molecule has 2 amide bonds. The van der Waals surface area contributed by atoms with E-state index in [1.165, 1.54) is 0 Å². The average Bonchev–Trinajstić information content (AvgIpc) is 3.03. The molecule has 1 heterocycles. The van der Waals surface area contributed by atoms with Crippen molar-refractivity contribution in [3.05, 3.63) is 12.2 Å². The molecular formula is C29H50N2O5. The number of aliphatic hydroxyl groups is 1. The van der Waals surface area contributed by atoms with Crippen molar-refractivity contribution < 1.29 is 24.2 Å². The summed E-state index contributed by atoms with van der Waals surface area (Å²) >= 11 is 0. The molecule has 5 atom stereocenters. The van der Waals surface area contributed by atoms with Crippen LogP contribution in [0.3, 0.4) is 0 Å². The molecule has 1 aliphatic heterocycles. The number of esters is 1. The summed E-state index contributed by atoms with van der Waals surface area (Å²) in [7, 11) is 0. The van der Waals surface area contributed by atoms with E-state index in [4.69, 9.17) is 9.84 Å². The van der Waals surface area contributed by atoms with Crippen molar-refractivity contribution in [3.63, 3.8) is 0 Å². The molecular weight excluding hydrogens is 456 g/mol.